The molecule has 0 amide bonds. The Morgan fingerprint density at radius 2 is 1.72 bits per heavy atom. The number of rotatable bonds is 4. The minimum absolute atomic E-state index is 0.0941. The molecule has 0 N–H and O–H groups in total. The topological polar surface area (TPSA) is 77.3 Å². The third kappa shape index (κ3) is 4.29. The average molecular weight is 394 g/mol. The fourth-order valence-electron chi connectivity index (χ4n) is 2.14. The van der Waals surface area contributed by atoms with Gasteiger partial charge in [0.25, 0.3) is 5.69 Å². The van der Waals surface area contributed by atoms with Gasteiger partial charge in [0, 0.05) is 11.6 Å². The van der Waals surface area contributed by atoms with Crippen LogP contribution in [0, 0.1) is 17.0 Å². The van der Waals surface area contributed by atoms with Crippen molar-refractivity contribution in [2.24, 2.45) is 0 Å². The second-order valence-corrected chi connectivity index (χ2v) is 7.68. The van der Waals surface area contributed by atoms with Crippen molar-refractivity contribution >= 4 is 27.1 Å². The number of benzene rings is 2. The lowest BCUT2D eigenvalue weighted by Gasteiger charge is -2.11. The van der Waals surface area contributed by atoms with Crippen LogP contribution in [0.2, 0.25) is 5.02 Å². The number of nitro benzene ring substituents is 1. The Kier molecular flexibility index (Phi) is 5.10. The molecule has 2 rings (SSSR count). The molecule has 25 heavy (non-hydrogen) atoms. The number of alkyl halides is 3. The summed E-state index contributed by atoms with van der Waals surface area (Å²) in [7, 11) is -4.00. The summed E-state index contributed by atoms with van der Waals surface area (Å²) in [6.07, 6.45) is -4.89. The van der Waals surface area contributed by atoms with Gasteiger partial charge in [-0.1, -0.05) is 29.3 Å². The summed E-state index contributed by atoms with van der Waals surface area (Å²) in [6.45, 7) is 1.75. The molecule has 0 aromatic heterocycles. The standard InChI is InChI=1S/C15H11ClF3NO4S/c1-9-2-4-11(5-3-9)25(23,24)8-10-6-13(16)12(15(17,18)19)7-14(10)20(21)22/h2-7H,8H2,1H3. The number of nitro groups is 1. The summed E-state index contributed by atoms with van der Waals surface area (Å²) in [5.41, 5.74) is -1.95. The van der Waals surface area contributed by atoms with Crippen molar-refractivity contribution in [1.82, 2.24) is 0 Å². The molecule has 0 atom stereocenters. The third-order valence-corrected chi connectivity index (χ3v) is 5.39. The molecule has 0 fully saturated rings. The minimum atomic E-state index is -4.89. The van der Waals surface area contributed by atoms with Crippen LogP contribution in [-0.4, -0.2) is 13.3 Å². The molecule has 0 saturated heterocycles. The lowest BCUT2D eigenvalue weighted by atomic mass is 10.1. The van der Waals surface area contributed by atoms with Gasteiger partial charge in [-0.2, -0.15) is 13.2 Å². The maximum Gasteiger partial charge on any atom is 0.418 e. The summed E-state index contributed by atoms with van der Waals surface area (Å²) < 4.78 is 63.3. The molecule has 0 saturated carbocycles. The summed E-state index contributed by atoms with van der Waals surface area (Å²) in [5, 5.41) is 10.3. The second kappa shape index (κ2) is 6.64. The normalized spacial score (nSPS) is 12.2. The molecule has 2 aromatic rings. The molecular weight excluding hydrogens is 383 g/mol. The van der Waals surface area contributed by atoms with E-state index in [2.05, 4.69) is 0 Å². The lowest BCUT2D eigenvalue weighted by Crippen LogP contribution is -2.11. The van der Waals surface area contributed by atoms with E-state index in [1.807, 2.05) is 0 Å². The number of nitrogens with zero attached hydrogens (tertiary/aromatic N) is 1. The maximum atomic E-state index is 12.8. The van der Waals surface area contributed by atoms with Crippen LogP contribution in [0.25, 0.3) is 0 Å². The highest BCUT2D eigenvalue weighted by atomic mass is 35.5. The van der Waals surface area contributed by atoms with Crippen molar-refractivity contribution in [3.05, 3.63) is 68.2 Å². The van der Waals surface area contributed by atoms with E-state index >= 15 is 0 Å². The van der Waals surface area contributed by atoms with Crippen LogP contribution in [0.1, 0.15) is 16.7 Å². The van der Waals surface area contributed by atoms with Gasteiger partial charge in [0.15, 0.2) is 9.84 Å². The van der Waals surface area contributed by atoms with E-state index in [0.717, 1.165) is 5.56 Å². The molecule has 0 heterocycles. The highest BCUT2D eigenvalue weighted by Crippen LogP contribution is 2.39. The first kappa shape index (κ1) is 19.2. The molecule has 10 heteroatoms. The van der Waals surface area contributed by atoms with E-state index in [1.54, 1.807) is 19.1 Å². The summed E-state index contributed by atoms with van der Waals surface area (Å²) in [5.74, 6) is -0.843. The van der Waals surface area contributed by atoms with Crippen LogP contribution in [0.5, 0.6) is 0 Å². The molecule has 0 bridgehead atoms. The number of hydrogen-bond acceptors (Lipinski definition) is 4. The van der Waals surface area contributed by atoms with Gasteiger partial charge in [-0.15, -0.1) is 0 Å². The van der Waals surface area contributed by atoms with Gasteiger partial charge in [0.2, 0.25) is 0 Å². The molecule has 0 spiro atoms. The van der Waals surface area contributed by atoms with Gasteiger partial charge in [-0.3, -0.25) is 10.1 Å². The van der Waals surface area contributed by atoms with Crippen LogP contribution < -0.4 is 0 Å². The quantitative estimate of drug-likeness (QED) is 0.564. The number of halogens is 4. The summed E-state index contributed by atoms with van der Waals surface area (Å²) >= 11 is 5.55. The van der Waals surface area contributed by atoms with Crippen LogP contribution >= 0.6 is 11.6 Å². The zero-order chi connectivity index (χ0) is 19.0. The molecule has 0 radical (unpaired) electrons. The SMILES string of the molecule is Cc1ccc(S(=O)(=O)Cc2cc(Cl)c(C(F)(F)F)cc2[N+](=O)[O-])cc1. The Balaban J connectivity index is 2.54. The van der Waals surface area contributed by atoms with E-state index in [-0.39, 0.29) is 11.0 Å². The van der Waals surface area contributed by atoms with Gasteiger partial charge < -0.3 is 0 Å². The van der Waals surface area contributed by atoms with Crippen molar-refractivity contribution in [3.63, 3.8) is 0 Å². The van der Waals surface area contributed by atoms with Crippen LogP contribution in [0.4, 0.5) is 18.9 Å². The molecule has 0 aliphatic heterocycles. The summed E-state index contributed by atoms with van der Waals surface area (Å²) in [4.78, 5) is 9.92. The van der Waals surface area contributed by atoms with Crippen LogP contribution in [0.3, 0.4) is 0 Å². The number of sulfone groups is 1. The Bertz CT molecular complexity index is 925. The minimum Gasteiger partial charge on any atom is -0.258 e. The van der Waals surface area contributed by atoms with E-state index in [9.17, 15) is 31.7 Å². The maximum absolute atomic E-state index is 12.8. The molecule has 5 nitrogen and oxygen atoms in total. The highest BCUT2D eigenvalue weighted by molar-refractivity contribution is 7.90. The lowest BCUT2D eigenvalue weighted by molar-refractivity contribution is -0.385. The number of aryl methyl sites for hydroxylation is 1. The third-order valence-electron chi connectivity index (χ3n) is 3.40. The predicted octanol–water partition coefficient (Wildman–Crippen LogP) is 4.55. The van der Waals surface area contributed by atoms with Crippen molar-refractivity contribution in [2.45, 2.75) is 23.7 Å². The van der Waals surface area contributed by atoms with E-state index in [1.165, 1.54) is 12.1 Å². The largest absolute Gasteiger partial charge is 0.418 e. The second-order valence-electron chi connectivity index (χ2n) is 5.29. The molecule has 134 valence electrons. The Hall–Kier alpha value is -2.13. The fraction of sp³-hybridized carbons (Fsp3) is 0.200. The van der Waals surface area contributed by atoms with Crippen molar-refractivity contribution in [1.29, 1.82) is 0 Å². The molecular formula is C15H11ClF3NO4S. The monoisotopic (exact) mass is 393 g/mol. The molecule has 0 aliphatic carbocycles. The van der Waals surface area contributed by atoms with Gasteiger partial charge in [-0.25, -0.2) is 8.42 Å². The van der Waals surface area contributed by atoms with Crippen LogP contribution in [0.15, 0.2) is 41.3 Å². The first-order valence-electron chi connectivity index (χ1n) is 6.75. The Morgan fingerprint density at radius 1 is 1.16 bits per heavy atom. The van der Waals surface area contributed by atoms with E-state index < -0.39 is 48.5 Å². The first-order chi connectivity index (χ1) is 11.4. The van der Waals surface area contributed by atoms with Gasteiger partial charge in [0.05, 0.1) is 26.2 Å². The average Bonchev–Trinajstić information content (AvgIpc) is 2.45. The highest BCUT2D eigenvalue weighted by Gasteiger charge is 2.36. The van der Waals surface area contributed by atoms with Gasteiger partial charge in [-0.05, 0) is 25.1 Å². The van der Waals surface area contributed by atoms with E-state index in [0.29, 0.717) is 6.07 Å². The van der Waals surface area contributed by atoms with Crippen molar-refractivity contribution < 1.29 is 26.5 Å². The number of hydrogen-bond donors (Lipinski definition) is 0. The van der Waals surface area contributed by atoms with Crippen molar-refractivity contribution in [3.8, 4) is 0 Å². The smallest absolute Gasteiger partial charge is 0.258 e. The zero-order valence-corrected chi connectivity index (χ0v) is 14.2. The molecule has 0 unspecified atom stereocenters. The zero-order valence-electron chi connectivity index (χ0n) is 12.7. The van der Waals surface area contributed by atoms with Crippen molar-refractivity contribution in [2.75, 3.05) is 0 Å². The van der Waals surface area contributed by atoms with Crippen LogP contribution in [-0.2, 0) is 21.8 Å². The van der Waals surface area contributed by atoms with Gasteiger partial charge >= 0.3 is 6.18 Å². The Labute approximate surface area is 146 Å². The molecule has 2 aromatic carbocycles. The predicted molar refractivity (Wildman–Crippen MR) is 85.2 cm³/mol. The molecule has 0 aliphatic rings. The van der Waals surface area contributed by atoms with Gasteiger partial charge in [0.1, 0.15) is 0 Å². The first-order valence-corrected chi connectivity index (χ1v) is 8.78. The Morgan fingerprint density at radius 3 is 2.20 bits per heavy atom. The summed E-state index contributed by atoms with van der Waals surface area (Å²) in [6, 6.07) is 6.66. The fourth-order valence-corrected chi connectivity index (χ4v) is 3.79. The van der Waals surface area contributed by atoms with E-state index in [4.69, 9.17) is 11.6 Å².